The fourth-order valence-corrected chi connectivity index (χ4v) is 1.98. The standard InChI is InChI=1S/C12H25ClO/c1-11(2,3)10(9-13)7-8-12(4,5)14-6/h10H,7-9H2,1-6H3. The van der Waals surface area contributed by atoms with E-state index in [0.717, 1.165) is 18.7 Å². The van der Waals surface area contributed by atoms with Gasteiger partial charge in [-0.3, -0.25) is 0 Å². The van der Waals surface area contributed by atoms with Crippen molar-refractivity contribution in [2.75, 3.05) is 13.0 Å². The van der Waals surface area contributed by atoms with Crippen molar-refractivity contribution in [3.8, 4) is 0 Å². The molecule has 0 fully saturated rings. The predicted octanol–water partition coefficient (Wildman–Crippen LogP) is 4.09. The molecule has 0 amide bonds. The van der Waals surface area contributed by atoms with Crippen LogP contribution in [0.25, 0.3) is 0 Å². The van der Waals surface area contributed by atoms with Gasteiger partial charge in [-0.25, -0.2) is 0 Å². The molecule has 14 heavy (non-hydrogen) atoms. The lowest BCUT2D eigenvalue weighted by Crippen LogP contribution is -2.28. The molecule has 0 aliphatic carbocycles. The van der Waals surface area contributed by atoms with Crippen LogP contribution in [0.3, 0.4) is 0 Å². The highest BCUT2D eigenvalue weighted by Gasteiger charge is 2.26. The molecule has 0 aromatic rings. The first-order valence-electron chi connectivity index (χ1n) is 5.34. The minimum atomic E-state index is -0.0183. The third-order valence-corrected chi connectivity index (χ3v) is 3.43. The van der Waals surface area contributed by atoms with Crippen LogP contribution in [0.4, 0.5) is 0 Å². The fraction of sp³-hybridized carbons (Fsp3) is 1.00. The van der Waals surface area contributed by atoms with E-state index in [1.54, 1.807) is 7.11 Å². The molecule has 1 atom stereocenters. The first-order valence-corrected chi connectivity index (χ1v) is 5.87. The second-order valence-corrected chi connectivity index (χ2v) is 6.03. The van der Waals surface area contributed by atoms with E-state index in [1.165, 1.54) is 0 Å². The minimum absolute atomic E-state index is 0.0183. The van der Waals surface area contributed by atoms with Crippen molar-refractivity contribution >= 4 is 11.6 Å². The number of hydrogen-bond acceptors (Lipinski definition) is 1. The molecule has 0 aromatic heterocycles. The minimum Gasteiger partial charge on any atom is -0.379 e. The molecule has 86 valence electrons. The average molecular weight is 221 g/mol. The Morgan fingerprint density at radius 2 is 1.64 bits per heavy atom. The maximum atomic E-state index is 5.98. The maximum absolute atomic E-state index is 5.98. The van der Waals surface area contributed by atoms with Crippen LogP contribution in [0, 0.1) is 11.3 Å². The van der Waals surface area contributed by atoms with Crippen LogP contribution in [0.15, 0.2) is 0 Å². The highest BCUT2D eigenvalue weighted by atomic mass is 35.5. The summed E-state index contributed by atoms with van der Waals surface area (Å²) in [6.07, 6.45) is 2.20. The molecule has 0 spiro atoms. The third kappa shape index (κ3) is 5.21. The van der Waals surface area contributed by atoms with Crippen molar-refractivity contribution in [3.63, 3.8) is 0 Å². The Labute approximate surface area is 94.2 Å². The molecule has 0 bridgehead atoms. The van der Waals surface area contributed by atoms with Crippen LogP contribution in [-0.4, -0.2) is 18.6 Å². The van der Waals surface area contributed by atoms with Crippen molar-refractivity contribution in [1.82, 2.24) is 0 Å². The summed E-state index contributed by atoms with van der Waals surface area (Å²) in [5.74, 6) is 1.31. The van der Waals surface area contributed by atoms with Gasteiger partial charge >= 0.3 is 0 Å². The van der Waals surface area contributed by atoms with Gasteiger partial charge in [0.25, 0.3) is 0 Å². The molecule has 0 saturated heterocycles. The summed E-state index contributed by atoms with van der Waals surface area (Å²) in [5.41, 5.74) is 0.279. The fourth-order valence-electron chi connectivity index (χ4n) is 1.37. The molecule has 1 nitrogen and oxygen atoms in total. The van der Waals surface area contributed by atoms with E-state index in [0.29, 0.717) is 11.3 Å². The monoisotopic (exact) mass is 220 g/mol. The maximum Gasteiger partial charge on any atom is 0.0622 e. The van der Waals surface area contributed by atoms with Crippen molar-refractivity contribution < 1.29 is 4.74 Å². The molecule has 0 aliphatic heterocycles. The summed E-state index contributed by atoms with van der Waals surface area (Å²) in [6, 6.07) is 0. The molecule has 0 aromatic carbocycles. The highest BCUT2D eigenvalue weighted by molar-refractivity contribution is 6.18. The van der Waals surface area contributed by atoms with E-state index in [9.17, 15) is 0 Å². The zero-order valence-corrected chi connectivity index (χ0v) is 11.2. The second-order valence-electron chi connectivity index (χ2n) is 5.72. The largest absolute Gasteiger partial charge is 0.379 e. The number of methoxy groups -OCH3 is 1. The van der Waals surface area contributed by atoms with Gasteiger partial charge in [0.05, 0.1) is 5.60 Å². The smallest absolute Gasteiger partial charge is 0.0622 e. The van der Waals surface area contributed by atoms with Gasteiger partial charge in [-0.15, -0.1) is 11.6 Å². The van der Waals surface area contributed by atoms with Crippen LogP contribution in [0.5, 0.6) is 0 Å². The van der Waals surface area contributed by atoms with E-state index in [1.807, 2.05) is 0 Å². The normalized spacial score (nSPS) is 15.6. The van der Waals surface area contributed by atoms with Crippen molar-refractivity contribution in [2.24, 2.45) is 11.3 Å². The number of rotatable bonds is 5. The van der Waals surface area contributed by atoms with Gasteiger partial charge in [0, 0.05) is 13.0 Å². The Morgan fingerprint density at radius 3 is 1.93 bits per heavy atom. The van der Waals surface area contributed by atoms with E-state index >= 15 is 0 Å². The van der Waals surface area contributed by atoms with E-state index < -0.39 is 0 Å². The molecule has 1 unspecified atom stereocenters. The quantitative estimate of drug-likeness (QED) is 0.635. The topological polar surface area (TPSA) is 9.23 Å². The Morgan fingerprint density at radius 1 is 1.14 bits per heavy atom. The van der Waals surface area contributed by atoms with Gasteiger partial charge in [0.15, 0.2) is 0 Å². The number of hydrogen-bond donors (Lipinski definition) is 0. The molecule has 0 radical (unpaired) electrons. The second kappa shape index (κ2) is 5.37. The Bertz CT molecular complexity index is 158. The molecule has 0 heterocycles. The van der Waals surface area contributed by atoms with Gasteiger partial charge in [0.1, 0.15) is 0 Å². The Kier molecular flexibility index (Phi) is 5.46. The first kappa shape index (κ1) is 14.2. The van der Waals surface area contributed by atoms with Crippen molar-refractivity contribution in [3.05, 3.63) is 0 Å². The lowest BCUT2D eigenvalue weighted by atomic mass is 9.78. The summed E-state index contributed by atoms with van der Waals surface area (Å²) in [4.78, 5) is 0. The SMILES string of the molecule is COC(C)(C)CCC(CCl)C(C)(C)C. The molecule has 0 saturated carbocycles. The zero-order chi connectivity index (χ0) is 11.4. The van der Waals surface area contributed by atoms with Gasteiger partial charge < -0.3 is 4.74 Å². The van der Waals surface area contributed by atoms with Crippen LogP contribution < -0.4 is 0 Å². The predicted molar refractivity (Wildman–Crippen MR) is 64.0 cm³/mol. The lowest BCUT2D eigenvalue weighted by Gasteiger charge is -2.32. The van der Waals surface area contributed by atoms with Crippen molar-refractivity contribution in [2.45, 2.75) is 53.1 Å². The summed E-state index contributed by atoms with van der Waals surface area (Å²) in [6.45, 7) is 11.0. The van der Waals surface area contributed by atoms with E-state index in [-0.39, 0.29) is 5.60 Å². The van der Waals surface area contributed by atoms with Gasteiger partial charge in [0.2, 0.25) is 0 Å². The van der Waals surface area contributed by atoms with E-state index in [2.05, 4.69) is 34.6 Å². The lowest BCUT2D eigenvalue weighted by molar-refractivity contribution is 0.00706. The van der Waals surface area contributed by atoms with Crippen molar-refractivity contribution in [1.29, 1.82) is 0 Å². The number of halogens is 1. The van der Waals surface area contributed by atoms with Gasteiger partial charge in [-0.2, -0.15) is 0 Å². The molecule has 2 heteroatoms. The zero-order valence-electron chi connectivity index (χ0n) is 10.5. The molecular weight excluding hydrogens is 196 g/mol. The summed E-state index contributed by atoms with van der Waals surface area (Å²) in [5, 5.41) is 0. The summed E-state index contributed by atoms with van der Waals surface area (Å²) >= 11 is 5.98. The van der Waals surface area contributed by atoms with Gasteiger partial charge in [-0.05, 0) is 38.0 Å². The molecular formula is C12H25ClO. The summed E-state index contributed by atoms with van der Waals surface area (Å²) in [7, 11) is 1.77. The van der Waals surface area contributed by atoms with Crippen LogP contribution in [0.2, 0.25) is 0 Å². The first-order chi connectivity index (χ1) is 6.23. The average Bonchev–Trinajstić information content (AvgIpc) is 2.03. The van der Waals surface area contributed by atoms with Crippen LogP contribution in [-0.2, 0) is 4.74 Å². The summed E-state index contributed by atoms with van der Waals surface area (Å²) < 4.78 is 5.40. The molecule has 0 aliphatic rings. The highest BCUT2D eigenvalue weighted by Crippen LogP contribution is 2.32. The Hall–Kier alpha value is 0.250. The number of alkyl halides is 1. The molecule has 0 N–H and O–H groups in total. The Balaban J connectivity index is 4.10. The van der Waals surface area contributed by atoms with Crippen LogP contribution >= 0.6 is 11.6 Å². The number of ether oxygens (including phenoxy) is 1. The molecule has 0 rings (SSSR count). The van der Waals surface area contributed by atoms with E-state index in [4.69, 9.17) is 16.3 Å². The van der Waals surface area contributed by atoms with Crippen LogP contribution in [0.1, 0.15) is 47.5 Å². The van der Waals surface area contributed by atoms with Gasteiger partial charge in [-0.1, -0.05) is 20.8 Å². The third-order valence-electron chi connectivity index (χ3n) is 3.06.